The fraction of sp³-hybridized carbons (Fsp3) is 0.370. The maximum atomic E-state index is 6.55. The largest absolute Gasteiger partial charge is 0.397 e. The summed E-state index contributed by atoms with van der Waals surface area (Å²) in [6.07, 6.45) is 8.05. The van der Waals surface area contributed by atoms with Gasteiger partial charge in [0.05, 0.1) is 18.4 Å². The first-order valence-corrected chi connectivity index (χ1v) is 12.3. The van der Waals surface area contributed by atoms with Gasteiger partial charge in [-0.25, -0.2) is 4.98 Å². The van der Waals surface area contributed by atoms with Crippen molar-refractivity contribution >= 4 is 23.0 Å². The van der Waals surface area contributed by atoms with E-state index in [2.05, 4.69) is 31.6 Å². The molecule has 4 heterocycles. The molecule has 3 aromatic rings. The Bertz CT molecular complexity index is 1180. The van der Waals surface area contributed by atoms with E-state index >= 15 is 0 Å². The Morgan fingerprint density at radius 2 is 1.88 bits per heavy atom. The van der Waals surface area contributed by atoms with Crippen LogP contribution in [0.2, 0.25) is 0 Å². The minimum atomic E-state index is 0.558. The molecular formula is C27H31N7. The number of amidine groups is 1. The van der Waals surface area contributed by atoms with Crippen LogP contribution in [0.25, 0.3) is 0 Å². The predicted octanol–water partition coefficient (Wildman–Crippen LogP) is 3.78. The van der Waals surface area contributed by atoms with E-state index in [1.54, 1.807) is 6.20 Å². The molecule has 4 N–H and O–H groups in total. The van der Waals surface area contributed by atoms with Gasteiger partial charge in [-0.15, -0.1) is 0 Å². The molecular weight excluding hydrogens is 422 g/mol. The number of rotatable bonds is 6. The minimum absolute atomic E-state index is 0.558. The quantitative estimate of drug-likeness (QED) is 0.389. The number of nitrogens with two attached hydrogens (primary N) is 1. The van der Waals surface area contributed by atoms with Gasteiger partial charge < -0.3 is 21.3 Å². The van der Waals surface area contributed by atoms with Gasteiger partial charge in [0.25, 0.3) is 0 Å². The van der Waals surface area contributed by atoms with Gasteiger partial charge in [0, 0.05) is 49.8 Å². The van der Waals surface area contributed by atoms with Gasteiger partial charge in [0.2, 0.25) is 0 Å². The van der Waals surface area contributed by atoms with Crippen LogP contribution in [0.3, 0.4) is 0 Å². The SMILES string of the molecule is Nc1cncc(C2CC2)c1C(=NCc1ccnc(Nc2ccccc2)c1)N1CC2CNCC2C1. The Balaban J connectivity index is 1.31. The Labute approximate surface area is 200 Å². The lowest BCUT2D eigenvalue weighted by atomic mass is 10.0. The second-order valence-corrected chi connectivity index (χ2v) is 9.73. The molecule has 0 bridgehead atoms. The summed E-state index contributed by atoms with van der Waals surface area (Å²) in [5, 5.41) is 6.93. The maximum absolute atomic E-state index is 6.55. The highest BCUT2D eigenvalue weighted by Gasteiger charge is 2.39. The number of hydrogen-bond donors (Lipinski definition) is 3. The number of nitrogen functional groups attached to an aromatic ring is 1. The highest BCUT2D eigenvalue weighted by molar-refractivity contribution is 6.04. The van der Waals surface area contributed by atoms with E-state index < -0.39 is 0 Å². The highest BCUT2D eigenvalue weighted by atomic mass is 15.2. The van der Waals surface area contributed by atoms with E-state index in [9.17, 15) is 0 Å². The van der Waals surface area contributed by atoms with Crippen LogP contribution < -0.4 is 16.4 Å². The summed E-state index contributed by atoms with van der Waals surface area (Å²) in [6, 6.07) is 14.2. The van der Waals surface area contributed by atoms with Crippen LogP contribution in [0.5, 0.6) is 0 Å². The van der Waals surface area contributed by atoms with Crippen LogP contribution in [0.4, 0.5) is 17.2 Å². The second-order valence-electron chi connectivity index (χ2n) is 9.73. The van der Waals surface area contributed by atoms with Crippen molar-refractivity contribution in [3.05, 3.63) is 77.7 Å². The lowest BCUT2D eigenvalue weighted by Gasteiger charge is -2.25. The first kappa shape index (κ1) is 21.1. The van der Waals surface area contributed by atoms with Crippen molar-refractivity contribution in [1.29, 1.82) is 0 Å². The van der Waals surface area contributed by atoms with E-state index in [-0.39, 0.29) is 0 Å². The number of likely N-dealkylation sites (tertiary alicyclic amines) is 1. The van der Waals surface area contributed by atoms with Crippen LogP contribution in [-0.2, 0) is 6.54 Å². The molecule has 7 nitrogen and oxygen atoms in total. The molecule has 3 fully saturated rings. The molecule has 6 rings (SSSR count). The number of pyridine rings is 2. The molecule has 1 aliphatic carbocycles. The molecule has 0 amide bonds. The number of aromatic nitrogens is 2. The summed E-state index contributed by atoms with van der Waals surface area (Å²) >= 11 is 0. The molecule has 2 atom stereocenters. The predicted molar refractivity (Wildman–Crippen MR) is 136 cm³/mol. The van der Waals surface area contributed by atoms with Crippen LogP contribution in [0.1, 0.15) is 35.4 Å². The molecule has 2 aromatic heterocycles. The number of nitrogens with zero attached hydrogens (tertiary/aromatic N) is 4. The maximum Gasteiger partial charge on any atom is 0.133 e. The van der Waals surface area contributed by atoms with Gasteiger partial charge in [0.15, 0.2) is 0 Å². The van der Waals surface area contributed by atoms with Crippen LogP contribution in [0, 0.1) is 11.8 Å². The average molecular weight is 454 g/mol. The third-order valence-electron chi connectivity index (χ3n) is 7.22. The fourth-order valence-corrected chi connectivity index (χ4v) is 5.30. The van der Waals surface area contributed by atoms with Crippen molar-refractivity contribution in [1.82, 2.24) is 20.2 Å². The number of nitrogens with one attached hydrogen (secondary N) is 2. The third kappa shape index (κ3) is 4.35. The summed E-state index contributed by atoms with van der Waals surface area (Å²) in [5.41, 5.74) is 11.8. The second kappa shape index (κ2) is 9.06. The molecule has 3 aliphatic rings. The van der Waals surface area contributed by atoms with Crippen molar-refractivity contribution < 1.29 is 0 Å². The first-order valence-electron chi connectivity index (χ1n) is 12.3. The van der Waals surface area contributed by atoms with Crippen LogP contribution in [0.15, 0.2) is 66.0 Å². The van der Waals surface area contributed by atoms with Crippen molar-refractivity contribution in [2.75, 3.05) is 37.2 Å². The normalized spacial score (nSPS) is 22.1. The zero-order chi connectivity index (χ0) is 22.9. The number of para-hydroxylation sites is 1. The number of fused-ring (bicyclic) bond motifs is 1. The Kier molecular flexibility index (Phi) is 5.63. The summed E-state index contributed by atoms with van der Waals surface area (Å²) in [7, 11) is 0. The van der Waals surface area contributed by atoms with Gasteiger partial charge in [0.1, 0.15) is 11.7 Å². The van der Waals surface area contributed by atoms with Gasteiger partial charge in [-0.3, -0.25) is 9.98 Å². The molecule has 2 aliphatic heterocycles. The zero-order valence-electron chi connectivity index (χ0n) is 19.3. The van der Waals surface area contributed by atoms with E-state index in [0.717, 1.165) is 60.3 Å². The monoisotopic (exact) mass is 453 g/mol. The van der Waals surface area contributed by atoms with Gasteiger partial charge >= 0.3 is 0 Å². The summed E-state index contributed by atoms with van der Waals surface area (Å²) < 4.78 is 0. The number of hydrogen-bond acceptors (Lipinski definition) is 6. The van der Waals surface area contributed by atoms with E-state index in [1.807, 2.05) is 48.8 Å². The smallest absolute Gasteiger partial charge is 0.133 e. The van der Waals surface area contributed by atoms with Crippen LogP contribution >= 0.6 is 0 Å². The van der Waals surface area contributed by atoms with Crippen molar-refractivity contribution in [2.45, 2.75) is 25.3 Å². The minimum Gasteiger partial charge on any atom is -0.397 e. The molecule has 2 saturated heterocycles. The summed E-state index contributed by atoms with van der Waals surface area (Å²) in [4.78, 5) is 16.6. The van der Waals surface area contributed by atoms with Gasteiger partial charge in [-0.1, -0.05) is 18.2 Å². The van der Waals surface area contributed by atoms with Gasteiger partial charge in [-0.05, 0) is 66.0 Å². The van der Waals surface area contributed by atoms with Crippen molar-refractivity contribution in [3.8, 4) is 0 Å². The fourth-order valence-electron chi connectivity index (χ4n) is 5.30. The lowest BCUT2D eigenvalue weighted by Crippen LogP contribution is -2.34. The Morgan fingerprint density at radius 3 is 2.65 bits per heavy atom. The highest BCUT2D eigenvalue weighted by Crippen LogP contribution is 2.43. The number of aliphatic imine (C=N–C) groups is 1. The van der Waals surface area contributed by atoms with Crippen LogP contribution in [-0.4, -0.2) is 46.9 Å². The molecule has 174 valence electrons. The summed E-state index contributed by atoms with van der Waals surface area (Å²) in [6.45, 7) is 4.82. The molecule has 1 saturated carbocycles. The van der Waals surface area contributed by atoms with E-state index in [0.29, 0.717) is 24.3 Å². The molecule has 1 aromatic carbocycles. The molecule has 0 radical (unpaired) electrons. The molecule has 34 heavy (non-hydrogen) atoms. The third-order valence-corrected chi connectivity index (χ3v) is 7.22. The Morgan fingerprint density at radius 1 is 1.09 bits per heavy atom. The van der Waals surface area contributed by atoms with Crippen molar-refractivity contribution in [3.63, 3.8) is 0 Å². The van der Waals surface area contributed by atoms with Gasteiger partial charge in [-0.2, -0.15) is 0 Å². The lowest BCUT2D eigenvalue weighted by molar-refractivity contribution is 0.466. The average Bonchev–Trinajstić information content (AvgIpc) is 3.48. The Hall–Kier alpha value is -3.45. The first-order chi connectivity index (χ1) is 16.7. The zero-order valence-corrected chi connectivity index (χ0v) is 19.3. The molecule has 0 spiro atoms. The standard InChI is InChI=1S/C27H31N7/c28-24-15-30-14-23(19-6-7-19)26(24)27(34-16-20-12-29-13-21(20)17-34)32-11-18-8-9-31-25(10-18)33-22-4-2-1-3-5-22/h1-5,8-10,14-15,19-21,29H,6-7,11-13,16-17,28H2,(H,31,33). The topological polar surface area (TPSA) is 91.5 Å². The number of benzene rings is 1. The molecule has 2 unspecified atom stereocenters. The van der Waals surface area contributed by atoms with E-state index in [1.165, 1.54) is 18.4 Å². The molecule has 7 heteroatoms. The summed E-state index contributed by atoms with van der Waals surface area (Å²) in [5.74, 6) is 3.78. The van der Waals surface area contributed by atoms with Crippen molar-refractivity contribution in [2.24, 2.45) is 16.8 Å². The van der Waals surface area contributed by atoms with E-state index in [4.69, 9.17) is 10.7 Å². The number of anilines is 3.